The molecule has 2 atom stereocenters. The Balaban J connectivity index is 2.75. The highest BCUT2D eigenvalue weighted by atomic mass is 16.6. The molecule has 5 heteroatoms. The van der Waals surface area contributed by atoms with Crippen LogP contribution < -0.4 is 5.32 Å². The smallest absolute Gasteiger partial charge is 0.408 e. The first kappa shape index (κ1) is 18.0. The number of amides is 1. The van der Waals surface area contributed by atoms with Gasteiger partial charge in [-0.15, -0.1) is 0 Å². The number of carbonyl (C=O) groups excluding carboxylic acids is 2. The van der Waals surface area contributed by atoms with Crippen LogP contribution in [0.15, 0.2) is 30.3 Å². The number of benzene rings is 1. The number of carbonyl (C=O) groups is 2. The van der Waals surface area contributed by atoms with Gasteiger partial charge in [-0.25, -0.2) is 9.59 Å². The molecule has 2 unspecified atom stereocenters. The minimum atomic E-state index is -0.750. The summed E-state index contributed by atoms with van der Waals surface area (Å²) in [6.45, 7) is 7.21. The number of nitrogens with one attached hydrogen (secondary N) is 1. The van der Waals surface area contributed by atoms with Gasteiger partial charge in [0.05, 0.1) is 7.11 Å². The predicted molar refractivity (Wildman–Crippen MR) is 84.5 cm³/mol. The maximum Gasteiger partial charge on any atom is 0.408 e. The number of ether oxygens (including phenoxy) is 2. The lowest BCUT2D eigenvalue weighted by atomic mass is 9.94. The molecule has 1 rings (SSSR count). The Morgan fingerprint density at radius 1 is 1.18 bits per heavy atom. The Morgan fingerprint density at radius 2 is 1.77 bits per heavy atom. The molecular weight excluding hydrogens is 282 g/mol. The van der Waals surface area contributed by atoms with Gasteiger partial charge < -0.3 is 14.8 Å². The second-order valence-electron chi connectivity index (χ2n) is 6.31. The first-order chi connectivity index (χ1) is 10.2. The SMILES string of the molecule is COC(=O)C(NC(=O)OC(C)(C)C)C(C)Cc1ccccc1. The summed E-state index contributed by atoms with van der Waals surface area (Å²) in [5, 5.41) is 2.61. The fourth-order valence-corrected chi connectivity index (χ4v) is 2.10. The standard InChI is InChI=1S/C17H25NO4/c1-12(11-13-9-7-6-8-10-13)14(15(19)21-5)18-16(20)22-17(2,3)4/h6-10,12,14H,11H2,1-5H3,(H,18,20). The fraction of sp³-hybridized carbons (Fsp3) is 0.529. The van der Waals surface area contributed by atoms with E-state index in [4.69, 9.17) is 9.47 Å². The topological polar surface area (TPSA) is 64.6 Å². The van der Waals surface area contributed by atoms with Crippen molar-refractivity contribution in [1.29, 1.82) is 0 Å². The van der Waals surface area contributed by atoms with Crippen molar-refractivity contribution in [2.24, 2.45) is 5.92 Å². The van der Waals surface area contributed by atoms with Gasteiger partial charge in [0.1, 0.15) is 11.6 Å². The van der Waals surface area contributed by atoms with Crippen LogP contribution in [0.5, 0.6) is 0 Å². The van der Waals surface area contributed by atoms with Crippen LogP contribution in [0.1, 0.15) is 33.3 Å². The first-order valence-electron chi connectivity index (χ1n) is 7.34. The monoisotopic (exact) mass is 307 g/mol. The highest BCUT2D eigenvalue weighted by molar-refractivity contribution is 5.81. The van der Waals surface area contributed by atoms with Gasteiger partial charge in [0.2, 0.25) is 0 Å². The molecule has 0 heterocycles. The second-order valence-corrected chi connectivity index (χ2v) is 6.31. The lowest BCUT2D eigenvalue weighted by molar-refractivity contribution is -0.144. The van der Waals surface area contributed by atoms with Crippen molar-refractivity contribution in [3.05, 3.63) is 35.9 Å². The Labute approximate surface area is 132 Å². The van der Waals surface area contributed by atoms with Crippen molar-refractivity contribution >= 4 is 12.1 Å². The zero-order valence-corrected chi connectivity index (χ0v) is 13.9. The van der Waals surface area contributed by atoms with Gasteiger partial charge in [0, 0.05) is 0 Å². The predicted octanol–water partition coefficient (Wildman–Crippen LogP) is 2.93. The minimum absolute atomic E-state index is 0.123. The van der Waals surface area contributed by atoms with E-state index < -0.39 is 23.7 Å². The molecule has 5 nitrogen and oxygen atoms in total. The van der Waals surface area contributed by atoms with E-state index >= 15 is 0 Å². The minimum Gasteiger partial charge on any atom is -0.467 e. The van der Waals surface area contributed by atoms with Gasteiger partial charge in [-0.3, -0.25) is 0 Å². The lowest BCUT2D eigenvalue weighted by Crippen LogP contribution is -2.48. The van der Waals surface area contributed by atoms with Crippen molar-refractivity contribution in [3.8, 4) is 0 Å². The van der Waals surface area contributed by atoms with Crippen molar-refractivity contribution in [1.82, 2.24) is 5.32 Å². The van der Waals surface area contributed by atoms with Gasteiger partial charge in [-0.1, -0.05) is 37.3 Å². The quantitative estimate of drug-likeness (QED) is 0.850. The van der Waals surface area contributed by atoms with Crippen molar-refractivity contribution in [2.45, 2.75) is 45.8 Å². The number of hydrogen-bond acceptors (Lipinski definition) is 4. The number of alkyl carbamates (subject to hydrolysis) is 1. The van der Waals surface area contributed by atoms with Crippen LogP contribution >= 0.6 is 0 Å². The van der Waals surface area contributed by atoms with E-state index in [9.17, 15) is 9.59 Å². The molecule has 0 aromatic heterocycles. The Morgan fingerprint density at radius 3 is 2.27 bits per heavy atom. The van der Waals surface area contributed by atoms with Crippen LogP contribution in [-0.2, 0) is 20.7 Å². The van der Waals surface area contributed by atoms with Crippen molar-refractivity contribution in [2.75, 3.05) is 7.11 Å². The molecule has 1 aromatic rings. The zero-order chi connectivity index (χ0) is 16.8. The highest BCUT2D eigenvalue weighted by Gasteiger charge is 2.29. The third-order valence-corrected chi connectivity index (χ3v) is 3.10. The normalized spacial score (nSPS) is 13.9. The van der Waals surface area contributed by atoms with E-state index in [-0.39, 0.29) is 5.92 Å². The van der Waals surface area contributed by atoms with Crippen molar-refractivity contribution < 1.29 is 19.1 Å². The van der Waals surface area contributed by atoms with E-state index in [1.165, 1.54) is 7.11 Å². The molecule has 1 aromatic carbocycles. The largest absolute Gasteiger partial charge is 0.467 e. The molecule has 0 aliphatic carbocycles. The molecule has 1 amide bonds. The van der Waals surface area contributed by atoms with E-state index in [0.717, 1.165) is 5.56 Å². The van der Waals surface area contributed by atoms with Crippen LogP contribution in [-0.4, -0.2) is 30.8 Å². The fourth-order valence-electron chi connectivity index (χ4n) is 2.10. The molecule has 122 valence electrons. The number of esters is 1. The summed E-state index contributed by atoms with van der Waals surface area (Å²) >= 11 is 0. The molecule has 1 N–H and O–H groups in total. The molecule has 0 radical (unpaired) electrons. The Bertz CT molecular complexity index is 493. The third-order valence-electron chi connectivity index (χ3n) is 3.10. The second kappa shape index (κ2) is 7.82. The van der Waals surface area contributed by atoms with Crippen LogP contribution in [0.2, 0.25) is 0 Å². The molecule has 0 aliphatic rings. The van der Waals surface area contributed by atoms with Gasteiger partial charge >= 0.3 is 12.1 Å². The summed E-state index contributed by atoms with van der Waals surface area (Å²) < 4.78 is 10.00. The molecule has 0 saturated carbocycles. The number of rotatable bonds is 5. The van der Waals surface area contributed by atoms with Crippen LogP contribution in [0.3, 0.4) is 0 Å². The highest BCUT2D eigenvalue weighted by Crippen LogP contribution is 2.14. The van der Waals surface area contributed by atoms with E-state index in [1.807, 2.05) is 37.3 Å². The molecule has 22 heavy (non-hydrogen) atoms. The first-order valence-corrected chi connectivity index (χ1v) is 7.34. The number of methoxy groups -OCH3 is 1. The van der Waals surface area contributed by atoms with Crippen LogP contribution in [0, 0.1) is 5.92 Å². The van der Waals surface area contributed by atoms with Crippen LogP contribution in [0.25, 0.3) is 0 Å². The molecule has 0 bridgehead atoms. The molecular formula is C17H25NO4. The zero-order valence-electron chi connectivity index (χ0n) is 13.9. The van der Waals surface area contributed by atoms with E-state index in [0.29, 0.717) is 6.42 Å². The van der Waals surface area contributed by atoms with E-state index in [2.05, 4.69) is 5.32 Å². The number of hydrogen-bond donors (Lipinski definition) is 1. The average molecular weight is 307 g/mol. The molecule has 0 spiro atoms. The van der Waals surface area contributed by atoms with Crippen LogP contribution in [0.4, 0.5) is 4.79 Å². The van der Waals surface area contributed by atoms with Gasteiger partial charge in [-0.05, 0) is 38.7 Å². The Hall–Kier alpha value is -2.04. The van der Waals surface area contributed by atoms with Gasteiger partial charge in [0.25, 0.3) is 0 Å². The third kappa shape index (κ3) is 6.16. The van der Waals surface area contributed by atoms with Crippen molar-refractivity contribution in [3.63, 3.8) is 0 Å². The maximum absolute atomic E-state index is 12.0. The summed E-state index contributed by atoms with van der Waals surface area (Å²) in [5.74, 6) is -0.600. The molecule has 0 fully saturated rings. The summed E-state index contributed by atoms with van der Waals surface area (Å²) in [6, 6.07) is 9.04. The summed E-state index contributed by atoms with van der Waals surface area (Å²) in [6.07, 6.45) is 0.0268. The van der Waals surface area contributed by atoms with Gasteiger partial charge in [-0.2, -0.15) is 0 Å². The average Bonchev–Trinajstić information content (AvgIpc) is 2.43. The lowest BCUT2D eigenvalue weighted by Gasteiger charge is -2.25. The Kier molecular flexibility index (Phi) is 6.40. The van der Waals surface area contributed by atoms with E-state index in [1.54, 1.807) is 20.8 Å². The molecule has 0 saturated heterocycles. The summed E-state index contributed by atoms with van der Waals surface area (Å²) in [5.41, 5.74) is 0.475. The summed E-state index contributed by atoms with van der Waals surface area (Å²) in [4.78, 5) is 23.9. The molecule has 0 aliphatic heterocycles. The summed E-state index contributed by atoms with van der Waals surface area (Å²) in [7, 11) is 1.31. The van der Waals surface area contributed by atoms with Gasteiger partial charge in [0.15, 0.2) is 0 Å². The maximum atomic E-state index is 12.0.